The SMILES string of the molecule is CN(CCOc1ccc(Br)cc1)C(=O)CSc1nccn1C1CC1. The molecule has 0 radical (unpaired) electrons. The highest BCUT2D eigenvalue weighted by Gasteiger charge is 2.25. The molecule has 0 atom stereocenters. The molecular weight excluding hydrogens is 390 g/mol. The van der Waals surface area contributed by atoms with Gasteiger partial charge in [-0.3, -0.25) is 4.79 Å². The van der Waals surface area contributed by atoms with Crippen LogP contribution in [-0.4, -0.2) is 46.3 Å². The van der Waals surface area contributed by atoms with E-state index in [1.165, 1.54) is 24.6 Å². The number of ether oxygens (including phenoxy) is 1. The average Bonchev–Trinajstić information content (AvgIpc) is 3.32. The van der Waals surface area contributed by atoms with E-state index in [9.17, 15) is 4.79 Å². The first-order chi connectivity index (χ1) is 11.6. The highest BCUT2D eigenvalue weighted by molar-refractivity contribution is 9.10. The fourth-order valence-electron chi connectivity index (χ4n) is 2.23. The second-order valence-electron chi connectivity index (χ2n) is 5.75. The molecule has 1 saturated carbocycles. The summed E-state index contributed by atoms with van der Waals surface area (Å²) in [6.07, 6.45) is 6.23. The van der Waals surface area contributed by atoms with Gasteiger partial charge in [0.05, 0.1) is 12.3 Å². The van der Waals surface area contributed by atoms with Crippen molar-refractivity contribution in [1.29, 1.82) is 0 Å². The Morgan fingerprint density at radius 2 is 2.17 bits per heavy atom. The Balaban J connectivity index is 1.39. The molecule has 0 spiro atoms. The summed E-state index contributed by atoms with van der Waals surface area (Å²) < 4.78 is 8.85. The molecule has 1 heterocycles. The number of thioether (sulfide) groups is 1. The molecule has 1 aromatic carbocycles. The van der Waals surface area contributed by atoms with Crippen LogP contribution in [0.2, 0.25) is 0 Å². The van der Waals surface area contributed by atoms with Gasteiger partial charge in [0.15, 0.2) is 5.16 Å². The minimum absolute atomic E-state index is 0.0877. The summed E-state index contributed by atoms with van der Waals surface area (Å²) in [5.41, 5.74) is 0. The summed E-state index contributed by atoms with van der Waals surface area (Å²) in [6, 6.07) is 8.26. The van der Waals surface area contributed by atoms with E-state index in [0.29, 0.717) is 24.9 Å². The number of benzene rings is 1. The van der Waals surface area contributed by atoms with E-state index < -0.39 is 0 Å². The summed E-state index contributed by atoms with van der Waals surface area (Å²) in [4.78, 5) is 18.3. The molecule has 1 aliphatic carbocycles. The Morgan fingerprint density at radius 3 is 2.88 bits per heavy atom. The third-order valence-electron chi connectivity index (χ3n) is 3.83. The zero-order valence-corrected chi connectivity index (χ0v) is 15.9. The number of carbonyl (C=O) groups is 1. The van der Waals surface area contributed by atoms with E-state index in [2.05, 4.69) is 25.5 Å². The van der Waals surface area contributed by atoms with Crippen molar-refractivity contribution in [2.24, 2.45) is 0 Å². The minimum atomic E-state index is 0.0877. The average molecular weight is 410 g/mol. The van der Waals surface area contributed by atoms with Gasteiger partial charge in [-0.05, 0) is 37.1 Å². The van der Waals surface area contributed by atoms with Gasteiger partial charge in [0.25, 0.3) is 0 Å². The number of rotatable bonds is 8. The number of hydrogen-bond acceptors (Lipinski definition) is 4. The molecule has 5 nitrogen and oxygen atoms in total. The summed E-state index contributed by atoms with van der Waals surface area (Å²) in [5, 5.41) is 0.936. The molecule has 0 aliphatic heterocycles. The van der Waals surface area contributed by atoms with Gasteiger partial charge >= 0.3 is 0 Å². The molecule has 2 aromatic rings. The van der Waals surface area contributed by atoms with E-state index in [4.69, 9.17) is 4.74 Å². The van der Waals surface area contributed by atoms with Crippen molar-refractivity contribution in [2.75, 3.05) is 26.0 Å². The predicted octanol–water partition coefficient (Wildman–Crippen LogP) is 3.61. The molecule has 7 heteroatoms. The third kappa shape index (κ3) is 4.77. The number of halogens is 1. The quantitative estimate of drug-likeness (QED) is 0.624. The van der Waals surface area contributed by atoms with E-state index in [1.807, 2.05) is 30.5 Å². The lowest BCUT2D eigenvalue weighted by Crippen LogP contribution is -2.32. The van der Waals surface area contributed by atoms with Gasteiger partial charge in [-0.2, -0.15) is 0 Å². The fourth-order valence-corrected chi connectivity index (χ4v) is 3.47. The van der Waals surface area contributed by atoms with Crippen LogP contribution in [-0.2, 0) is 4.79 Å². The summed E-state index contributed by atoms with van der Waals surface area (Å²) >= 11 is 4.89. The second kappa shape index (κ2) is 8.07. The molecule has 1 aliphatic rings. The lowest BCUT2D eigenvalue weighted by molar-refractivity contribution is -0.127. The van der Waals surface area contributed by atoms with Crippen molar-refractivity contribution in [2.45, 2.75) is 24.0 Å². The maximum absolute atomic E-state index is 12.2. The van der Waals surface area contributed by atoms with Gasteiger partial charge in [0.1, 0.15) is 12.4 Å². The monoisotopic (exact) mass is 409 g/mol. The fraction of sp³-hybridized carbons (Fsp3) is 0.412. The number of hydrogen-bond donors (Lipinski definition) is 0. The normalized spacial score (nSPS) is 13.8. The van der Waals surface area contributed by atoms with Crippen LogP contribution in [0.15, 0.2) is 46.3 Å². The van der Waals surface area contributed by atoms with Crippen LogP contribution in [0.3, 0.4) is 0 Å². The van der Waals surface area contributed by atoms with Crippen LogP contribution < -0.4 is 4.74 Å². The smallest absolute Gasteiger partial charge is 0.232 e. The predicted molar refractivity (Wildman–Crippen MR) is 98.5 cm³/mol. The standard InChI is InChI=1S/C17H20BrN3O2S/c1-20(10-11-23-15-6-2-13(18)3-7-15)16(22)12-24-17-19-8-9-21(17)14-4-5-14/h2-3,6-9,14H,4-5,10-12H2,1H3. The van der Waals surface area contributed by atoms with E-state index >= 15 is 0 Å². The van der Waals surface area contributed by atoms with Gasteiger partial charge < -0.3 is 14.2 Å². The molecule has 0 unspecified atom stereocenters. The Kier molecular flexibility index (Phi) is 5.84. The lowest BCUT2D eigenvalue weighted by Gasteiger charge is -2.17. The topological polar surface area (TPSA) is 47.4 Å². The molecule has 1 aromatic heterocycles. The van der Waals surface area contributed by atoms with Crippen LogP contribution in [0.25, 0.3) is 0 Å². The van der Waals surface area contributed by atoms with Crippen LogP contribution in [0, 0.1) is 0 Å². The van der Waals surface area contributed by atoms with Crippen LogP contribution in [0.1, 0.15) is 18.9 Å². The number of nitrogens with zero attached hydrogens (tertiary/aromatic N) is 3. The summed E-state index contributed by atoms with van der Waals surface area (Å²) in [7, 11) is 1.81. The van der Waals surface area contributed by atoms with Gasteiger partial charge in [0.2, 0.25) is 5.91 Å². The molecule has 1 fully saturated rings. The number of likely N-dealkylation sites (N-methyl/N-ethyl adjacent to an activating group) is 1. The van der Waals surface area contributed by atoms with E-state index in [1.54, 1.807) is 18.1 Å². The lowest BCUT2D eigenvalue weighted by atomic mass is 10.3. The van der Waals surface area contributed by atoms with E-state index in [-0.39, 0.29) is 5.91 Å². The zero-order chi connectivity index (χ0) is 16.9. The van der Waals surface area contributed by atoms with Gasteiger partial charge in [-0.15, -0.1) is 0 Å². The number of amides is 1. The van der Waals surface area contributed by atoms with E-state index in [0.717, 1.165) is 15.4 Å². The van der Waals surface area contributed by atoms with Crippen molar-refractivity contribution in [3.05, 3.63) is 41.1 Å². The van der Waals surface area contributed by atoms with Crippen molar-refractivity contribution >= 4 is 33.6 Å². The first kappa shape index (κ1) is 17.4. The van der Waals surface area contributed by atoms with Crippen molar-refractivity contribution in [3.63, 3.8) is 0 Å². The molecule has 0 N–H and O–H groups in total. The van der Waals surface area contributed by atoms with Gasteiger partial charge in [-0.25, -0.2) is 4.98 Å². The Labute approximate surface area is 154 Å². The highest BCUT2D eigenvalue weighted by atomic mass is 79.9. The Hall–Kier alpha value is -1.47. The first-order valence-electron chi connectivity index (χ1n) is 7.91. The Morgan fingerprint density at radius 1 is 1.42 bits per heavy atom. The summed E-state index contributed by atoms with van der Waals surface area (Å²) in [5.74, 6) is 1.29. The molecule has 1 amide bonds. The largest absolute Gasteiger partial charge is 0.492 e. The maximum Gasteiger partial charge on any atom is 0.232 e. The first-order valence-corrected chi connectivity index (χ1v) is 9.69. The van der Waals surface area contributed by atoms with Crippen LogP contribution in [0.5, 0.6) is 5.75 Å². The maximum atomic E-state index is 12.2. The number of imidazole rings is 1. The third-order valence-corrected chi connectivity index (χ3v) is 5.33. The van der Waals surface area contributed by atoms with Crippen molar-refractivity contribution in [1.82, 2.24) is 14.5 Å². The van der Waals surface area contributed by atoms with Crippen LogP contribution in [0.4, 0.5) is 0 Å². The molecular formula is C17H20BrN3O2S. The molecule has 128 valence electrons. The molecule has 0 saturated heterocycles. The Bertz CT molecular complexity index is 685. The van der Waals surface area contributed by atoms with Crippen LogP contribution >= 0.6 is 27.7 Å². The number of carbonyl (C=O) groups excluding carboxylic acids is 1. The molecule has 0 bridgehead atoms. The zero-order valence-electron chi connectivity index (χ0n) is 13.5. The second-order valence-corrected chi connectivity index (χ2v) is 7.61. The van der Waals surface area contributed by atoms with Crippen molar-refractivity contribution < 1.29 is 9.53 Å². The number of aromatic nitrogens is 2. The molecule has 3 rings (SSSR count). The van der Waals surface area contributed by atoms with Crippen molar-refractivity contribution in [3.8, 4) is 5.75 Å². The summed E-state index contributed by atoms with van der Waals surface area (Å²) in [6.45, 7) is 1.04. The molecule has 24 heavy (non-hydrogen) atoms. The van der Waals surface area contributed by atoms with Gasteiger partial charge in [-0.1, -0.05) is 27.7 Å². The minimum Gasteiger partial charge on any atom is -0.492 e. The van der Waals surface area contributed by atoms with Gasteiger partial charge in [0, 0.05) is 30.0 Å². The highest BCUT2D eigenvalue weighted by Crippen LogP contribution is 2.37.